The van der Waals surface area contributed by atoms with Gasteiger partial charge in [-0.05, 0) is 36.2 Å². The summed E-state index contributed by atoms with van der Waals surface area (Å²) in [5.41, 5.74) is 6.31. The van der Waals surface area contributed by atoms with Gasteiger partial charge in [0.15, 0.2) is 17.2 Å². The van der Waals surface area contributed by atoms with Gasteiger partial charge in [-0.3, -0.25) is 9.78 Å². The molecule has 0 aliphatic carbocycles. The Morgan fingerprint density at radius 2 is 1.79 bits per heavy atom. The molecule has 0 aliphatic heterocycles. The first-order valence-electron chi connectivity index (χ1n) is 10.3. The second-order valence-corrected chi connectivity index (χ2v) is 7.27. The Labute approximate surface area is 190 Å². The van der Waals surface area contributed by atoms with E-state index in [9.17, 15) is 4.79 Å². The lowest BCUT2D eigenvalue weighted by Gasteiger charge is -2.11. The summed E-state index contributed by atoms with van der Waals surface area (Å²) in [6.07, 6.45) is 1.59. The predicted octanol–water partition coefficient (Wildman–Crippen LogP) is 4.17. The molecule has 0 aliphatic rings. The van der Waals surface area contributed by atoms with Crippen LogP contribution in [0, 0.1) is 6.92 Å². The second-order valence-electron chi connectivity index (χ2n) is 7.27. The summed E-state index contributed by atoms with van der Waals surface area (Å²) < 4.78 is 11.4. The Morgan fingerprint density at radius 3 is 2.52 bits per heavy atom. The average Bonchev–Trinajstić information content (AvgIpc) is 2.84. The fourth-order valence-corrected chi connectivity index (χ4v) is 3.07. The number of nitrogens with one attached hydrogen (secondary N) is 2. The molecule has 0 unspecified atom stereocenters. The number of anilines is 1. The minimum absolute atomic E-state index is 0.139. The maximum absolute atomic E-state index is 12.3. The molecule has 8 heteroatoms. The molecule has 0 bridgehead atoms. The van der Waals surface area contributed by atoms with Gasteiger partial charge in [0.1, 0.15) is 6.61 Å². The van der Waals surface area contributed by atoms with Crippen molar-refractivity contribution in [2.45, 2.75) is 13.5 Å². The van der Waals surface area contributed by atoms with Crippen molar-refractivity contribution in [3.05, 3.63) is 99.8 Å². The Morgan fingerprint density at radius 1 is 1.00 bits per heavy atom. The highest BCUT2D eigenvalue weighted by Gasteiger charge is 2.08. The molecule has 4 rings (SSSR count). The molecule has 1 aromatic heterocycles. The van der Waals surface area contributed by atoms with Crippen LogP contribution in [0.4, 0.5) is 5.95 Å². The minimum atomic E-state index is -0.356. The molecule has 0 amide bonds. The molecule has 0 atom stereocenters. The zero-order chi connectivity index (χ0) is 23.0. The van der Waals surface area contributed by atoms with Crippen LogP contribution in [-0.4, -0.2) is 28.5 Å². The van der Waals surface area contributed by atoms with E-state index in [0.717, 1.165) is 11.1 Å². The van der Waals surface area contributed by atoms with Crippen LogP contribution in [-0.2, 0) is 6.61 Å². The number of H-pyrrole nitrogens is 1. The minimum Gasteiger partial charge on any atom is -0.493 e. The van der Waals surface area contributed by atoms with Gasteiger partial charge in [0.2, 0.25) is 5.95 Å². The van der Waals surface area contributed by atoms with Crippen LogP contribution >= 0.6 is 0 Å². The molecule has 166 valence electrons. The van der Waals surface area contributed by atoms with E-state index in [4.69, 9.17) is 9.47 Å². The first-order chi connectivity index (χ1) is 16.1. The number of hydrogen-bond donors (Lipinski definition) is 2. The third-order valence-corrected chi connectivity index (χ3v) is 4.83. The topological polar surface area (TPSA) is 101 Å². The molecule has 1 heterocycles. The van der Waals surface area contributed by atoms with Crippen LogP contribution in [0.5, 0.6) is 11.5 Å². The largest absolute Gasteiger partial charge is 0.493 e. The van der Waals surface area contributed by atoms with E-state index in [1.807, 2.05) is 67.6 Å². The number of ether oxygens (including phenoxy) is 2. The van der Waals surface area contributed by atoms with Crippen LogP contribution in [0.2, 0.25) is 0 Å². The fraction of sp³-hybridized carbons (Fsp3) is 0.120. The number of nitrogens with zero attached hydrogens (tertiary/aromatic N) is 3. The third kappa shape index (κ3) is 5.62. The summed E-state index contributed by atoms with van der Waals surface area (Å²) >= 11 is 0. The van der Waals surface area contributed by atoms with Crippen LogP contribution in [0.25, 0.3) is 11.3 Å². The van der Waals surface area contributed by atoms with E-state index in [0.29, 0.717) is 23.7 Å². The number of aryl methyl sites for hydroxylation is 1. The molecular weight excluding hydrogens is 418 g/mol. The van der Waals surface area contributed by atoms with Crippen molar-refractivity contribution in [2.24, 2.45) is 5.10 Å². The molecule has 0 spiro atoms. The number of rotatable bonds is 8. The van der Waals surface area contributed by atoms with Crippen LogP contribution in [0.1, 0.15) is 16.7 Å². The molecule has 0 radical (unpaired) electrons. The van der Waals surface area contributed by atoms with Crippen LogP contribution in [0.15, 0.2) is 82.7 Å². The van der Waals surface area contributed by atoms with E-state index in [1.165, 1.54) is 5.56 Å². The summed E-state index contributed by atoms with van der Waals surface area (Å²) in [5.74, 6) is 1.36. The maximum atomic E-state index is 12.3. The van der Waals surface area contributed by atoms with Crippen molar-refractivity contribution in [1.82, 2.24) is 15.2 Å². The van der Waals surface area contributed by atoms with Gasteiger partial charge in [-0.1, -0.05) is 60.2 Å². The van der Waals surface area contributed by atoms with Gasteiger partial charge < -0.3 is 9.47 Å². The van der Waals surface area contributed by atoms with Gasteiger partial charge in [0, 0.05) is 5.56 Å². The Kier molecular flexibility index (Phi) is 6.75. The van der Waals surface area contributed by atoms with E-state index in [-0.39, 0.29) is 17.2 Å². The molecule has 0 saturated heterocycles. The molecule has 33 heavy (non-hydrogen) atoms. The van der Waals surface area contributed by atoms with Crippen molar-refractivity contribution in [3.63, 3.8) is 0 Å². The van der Waals surface area contributed by atoms with Gasteiger partial charge in [-0.2, -0.15) is 5.10 Å². The average molecular weight is 441 g/mol. The zero-order valence-corrected chi connectivity index (χ0v) is 18.3. The van der Waals surface area contributed by atoms with Crippen LogP contribution < -0.4 is 20.5 Å². The molecule has 8 nitrogen and oxygen atoms in total. The molecule has 2 N–H and O–H groups in total. The smallest absolute Gasteiger partial charge is 0.279 e. The number of hydrazone groups is 1. The normalized spacial score (nSPS) is 10.8. The van der Waals surface area contributed by atoms with Crippen molar-refractivity contribution in [1.29, 1.82) is 0 Å². The lowest BCUT2D eigenvalue weighted by molar-refractivity contribution is 0.284. The lowest BCUT2D eigenvalue weighted by atomic mass is 10.1. The van der Waals surface area contributed by atoms with Gasteiger partial charge in [0.05, 0.1) is 13.3 Å². The standard InChI is InChI=1S/C25H23N5O3/c1-17-8-10-18(11-9-17)16-33-22-14-19(12-13-21(22)32-2)15-26-29-25-27-24(31)23(28-30-25)20-6-4-3-5-7-20/h3-15H,16H2,1-2H3,(H2,27,29,30,31)/b26-15+. The lowest BCUT2D eigenvalue weighted by Crippen LogP contribution is -2.15. The van der Waals surface area contributed by atoms with Crippen molar-refractivity contribution in [3.8, 4) is 22.8 Å². The van der Waals surface area contributed by atoms with Crippen LogP contribution in [0.3, 0.4) is 0 Å². The third-order valence-electron chi connectivity index (χ3n) is 4.83. The number of hydrogen-bond acceptors (Lipinski definition) is 7. The van der Waals surface area contributed by atoms with Gasteiger partial charge in [-0.15, -0.1) is 10.2 Å². The van der Waals surface area contributed by atoms with Gasteiger partial charge >= 0.3 is 0 Å². The van der Waals surface area contributed by atoms with Crippen molar-refractivity contribution in [2.75, 3.05) is 12.5 Å². The molecule has 0 saturated carbocycles. The summed E-state index contributed by atoms with van der Waals surface area (Å²) in [6.45, 7) is 2.46. The predicted molar refractivity (Wildman–Crippen MR) is 128 cm³/mol. The van der Waals surface area contributed by atoms with Gasteiger partial charge in [0.25, 0.3) is 5.56 Å². The Hall–Kier alpha value is -4.46. The van der Waals surface area contributed by atoms with Crippen molar-refractivity contribution >= 4 is 12.2 Å². The van der Waals surface area contributed by atoms with Crippen molar-refractivity contribution < 1.29 is 9.47 Å². The van der Waals surface area contributed by atoms with E-state index in [1.54, 1.807) is 25.5 Å². The van der Waals surface area contributed by atoms with E-state index < -0.39 is 0 Å². The molecule has 4 aromatic rings. The Balaban J connectivity index is 1.43. The second kappa shape index (κ2) is 10.2. The summed E-state index contributed by atoms with van der Waals surface area (Å²) in [5, 5.41) is 12.1. The maximum Gasteiger partial charge on any atom is 0.279 e. The monoisotopic (exact) mass is 441 g/mol. The Bertz CT molecular complexity index is 1300. The fourth-order valence-electron chi connectivity index (χ4n) is 3.07. The SMILES string of the molecule is COc1ccc(/C=N/Nc2nnc(-c3ccccc3)c(=O)[nH]2)cc1OCc1ccc(C)cc1. The quantitative estimate of drug-likeness (QED) is 0.314. The summed E-state index contributed by atoms with van der Waals surface area (Å²) in [7, 11) is 1.59. The highest BCUT2D eigenvalue weighted by molar-refractivity contribution is 5.81. The van der Waals surface area contributed by atoms with E-state index in [2.05, 4.69) is 25.7 Å². The number of aromatic amines is 1. The van der Waals surface area contributed by atoms with Gasteiger partial charge in [-0.25, -0.2) is 5.43 Å². The number of methoxy groups -OCH3 is 1. The first kappa shape index (κ1) is 21.8. The highest BCUT2D eigenvalue weighted by Crippen LogP contribution is 2.28. The molecular formula is C25H23N5O3. The number of benzene rings is 3. The van der Waals surface area contributed by atoms with E-state index >= 15 is 0 Å². The summed E-state index contributed by atoms with van der Waals surface area (Å²) in [4.78, 5) is 14.9. The zero-order valence-electron chi connectivity index (χ0n) is 18.3. The number of aromatic nitrogens is 3. The highest BCUT2D eigenvalue weighted by atomic mass is 16.5. The first-order valence-corrected chi connectivity index (χ1v) is 10.3. The summed E-state index contributed by atoms with van der Waals surface area (Å²) in [6, 6.07) is 22.8. The molecule has 3 aromatic carbocycles. The molecule has 0 fully saturated rings.